The van der Waals surface area contributed by atoms with Crippen LogP contribution in [0.3, 0.4) is 0 Å². The molecule has 0 aliphatic carbocycles. The zero-order valence-corrected chi connectivity index (χ0v) is 12.7. The number of nitrogens with zero attached hydrogens (tertiary/aromatic N) is 2. The molecule has 2 rings (SSSR count). The van der Waals surface area contributed by atoms with Gasteiger partial charge in [-0.1, -0.05) is 24.3 Å². The van der Waals surface area contributed by atoms with Crippen molar-refractivity contribution in [3.63, 3.8) is 0 Å². The largest absolute Gasteiger partial charge is 0.339 e. The topological polar surface area (TPSA) is 23.6 Å². The first-order valence-electron chi connectivity index (χ1n) is 7.20. The van der Waals surface area contributed by atoms with Crippen molar-refractivity contribution in [2.24, 2.45) is 0 Å². The van der Waals surface area contributed by atoms with E-state index in [2.05, 4.69) is 18.5 Å². The first kappa shape index (κ1) is 14.8. The lowest BCUT2D eigenvalue weighted by molar-refractivity contribution is 0.0659. The van der Waals surface area contributed by atoms with Crippen LogP contribution >= 0.6 is 0 Å². The van der Waals surface area contributed by atoms with Gasteiger partial charge in [-0.15, -0.1) is 0 Å². The molecule has 1 aliphatic heterocycles. The molecule has 20 heavy (non-hydrogen) atoms. The minimum absolute atomic E-state index is 0.118. The van der Waals surface area contributed by atoms with Gasteiger partial charge in [-0.25, -0.2) is 0 Å². The van der Waals surface area contributed by atoms with Crippen molar-refractivity contribution in [2.45, 2.75) is 25.8 Å². The van der Waals surface area contributed by atoms with Crippen molar-refractivity contribution in [2.75, 3.05) is 27.2 Å². The second-order valence-electron chi connectivity index (χ2n) is 5.81. The van der Waals surface area contributed by atoms with Gasteiger partial charge >= 0.3 is 0 Å². The van der Waals surface area contributed by atoms with Gasteiger partial charge in [-0.2, -0.15) is 0 Å². The van der Waals surface area contributed by atoms with Crippen LogP contribution in [0, 0.1) is 0 Å². The number of hydrogen-bond donors (Lipinski definition) is 0. The Kier molecular flexibility index (Phi) is 4.61. The molecule has 1 heterocycles. The Labute approximate surface area is 121 Å². The summed E-state index contributed by atoms with van der Waals surface area (Å²) in [6.07, 6.45) is 2.12. The Morgan fingerprint density at radius 2 is 1.70 bits per heavy atom. The second-order valence-corrected chi connectivity index (χ2v) is 5.81. The third kappa shape index (κ3) is 3.28. The molecule has 0 unspecified atom stereocenters. The summed E-state index contributed by atoms with van der Waals surface area (Å²) in [5.41, 5.74) is 2.87. The molecule has 1 fully saturated rings. The third-order valence-electron chi connectivity index (χ3n) is 4.18. The molecule has 3 heteroatoms. The van der Waals surface area contributed by atoms with E-state index in [1.165, 1.54) is 0 Å². The molecule has 0 saturated carbocycles. The number of piperidine rings is 1. The second kappa shape index (κ2) is 6.23. The zero-order valence-electron chi connectivity index (χ0n) is 12.7. The standard InChI is InChI=1S/C17H24N2O/c1-13(2)14-5-7-15(8-6-14)17(20)19(4)16-9-11-18(3)12-10-16/h5-8,16H,1,9-12H2,2-4H3. The normalized spacial score (nSPS) is 16.9. The molecule has 1 aromatic rings. The van der Waals surface area contributed by atoms with E-state index >= 15 is 0 Å². The lowest BCUT2D eigenvalue weighted by Crippen LogP contribution is -2.44. The number of carbonyl (C=O) groups is 1. The van der Waals surface area contributed by atoms with E-state index in [1.54, 1.807) is 0 Å². The molecular formula is C17H24N2O. The first-order valence-corrected chi connectivity index (χ1v) is 7.20. The fraction of sp³-hybridized carbons (Fsp3) is 0.471. The Hall–Kier alpha value is -1.61. The van der Waals surface area contributed by atoms with Gasteiger partial charge in [0.15, 0.2) is 0 Å². The van der Waals surface area contributed by atoms with Gasteiger partial charge in [0, 0.05) is 18.7 Å². The Morgan fingerprint density at radius 3 is 2.20 bits per heavy atom. The molecule has 0 bridgehead atoms. The summed E-state index contributed by atoms with van der Waals surface area (Å²) in [6, 6.07) is 8.10. The number of benzene rings is 1. The average Bonchev–Trinajstić information content (AvgIpc) is 2.46. The van der Waals surface area contributed by atoms with Crippen molar-refractivity contribution in [1.82, 2.24) is 9.80 Å². The molecule has 0 N–H and O–H groups in total. The Bertz CT molecular complexity index is 484. The SMILES string of the molecule is C=C(C)c1ccc(C(=O)N(C)C2CCN(C)CC2)cc1. The van der Waals surface area contributed by atoms with Gasteiger partial charge in [-0.05, 0) is 57.6 Å². The number of rotatable bonds is 3. The molecule has 0 spiro atoms. The van der Waals surface area contributed by atoms with Crippen LogP contribution in [0.2, 0.25) is 0 Å². The van der Waals surface area contributed by atoms with Crippen LogP contribution in [-0.4, -0.2) is 48.9 Å². The fourth-order valence-corrected chi connectivity index (χ4v) is 2.65. The summed E-state index contributed by atoms with van der Waals surface area (Å²) < 4.78 is 0. The van der Waals surface area contributed by atoms with Gasteiger partial charge in [0.1, 0.15) is 0 Å². The molecule has 1 amide bonds. The first-order chi connectivity index (χ1) is 9.49. The lowest BCUT2D eigenvalue weighted by atomic mass is 10.0. The third-order valence-corrected chi connectivity index (χ3v) is 4.18. The fourth-order valence-electron chi connectivity index (χ4n) is 2.65. The van der Waals surface area contributed by atoms with Crippen LogP contribution in [0.1, 0.15) is 35.7 Å². The highest BCUT2D eigenvalue weighted by molar-refractivity contribution is 5.94. The van der Waals surface area contributed by atoms with Gasteiger partial charge < -0.3 is 9.80 Å². The maximum atomic E-state index is 12.5. The van der Waals surface area contributed by atoms with Gasteiger partial charge in [0.25, 0.3) is 5.91 Å². The molecule has 108 valence electrons. The minimum atomic E-state index is 0.118. The van der Waals surface area contributed by atoms with Crippen molar-refractivity contribution >= 4 is 11.5 Å². The molecule has 0 aromatic heterocycles. The van der Waals surface area contributed by atoms with Crippen LogP contribution in [0.25, 0.3) is 5.57 Å². The maximum Gasteiger partial charge on any atom is 0.253 e. The monoisotopic (exact) mass is 272 g/mol. The lowest BCUT2D eigenvalue weighted by Gasteiger charge is -2.35. The van der Waals surface area contributed by atoms with Crippen LogP contribution in [0.5, 0.6) is 0 Å². The summed E-state index contributed by atoms with van der Waals surface area (Å²) in [6.45, 7) is 8.02. The van der Waals surface area contributed by atoms with Crippen molar-refractivity contribution in [1.29, 1.82) is 0 Å². The summed E-state index contributed by atoms with van der Waals surface area (Å²) in [7, 11) is 4.05. The van der Waals surface area contributed by atoms with E-state index in [9.17, 15) is 4.79 Å². The van der Waals surface area contributed by atoms with Crippen LogP contribution in [-0.2, 0) is 0 Å². The summed E-state index contributed by atoms with van der Waals surface area (Å²) in [4.78, 5) is 16.7. The van der Waals surface area contributed by atoms with Crippen LogP contribution in [0.4, 0.5) is 0 Å². The number of hydrogen-bond acceptors (Lipinski definition) is 2. The predicted molar refractivity (Wildman–Crippen MR) is 83.8 cm³/mol. The van der Waals surface area contributed by atoms with Gasteiger partial charge in [0.05, 0.1) is 0 Å². The Morgan fingerprint density at radius 1 is 1.20 bits per heavy atom. The highest BCUT2D eigenvalue weighted by atomic mass is 16.2. The van der Waals surface area contributed by atoms with Crippen molar-refractivity contribution in [3.05, 3.63) is 42.0 Å². The summed E-state index contributed by atoms with van der Waals surface area (Å²) in [5, 5.41) is 0. The zero-order chi connectivity index (χ0) is 14.7. The van der Waals surface area contributed by atoms with E-state index in [4.69, 9.17) is 0 Å². The van der Waals surface area contributed by atoms with Crippen molar-refractivity contribution in [3.8, 4) is 0 Å². The van der Waals surface area contributed by atoms with Crippen LogP contribution in [0.15, 0.2) is 30.8 Å². The number of likely N-dealkylation sites (tertiary alicyclic amines) is 1. The molecule has 0 radical (unpaired) electrons. The van der Waals surface area contributed by atoms with Crippen molar-refractivity contribution < 1.29 is 4.79 Å². The number of carbonyl (C=O) groups excluding carboxylic acids is 1. The smallest absolute Gasteiger partial charge is 0.253 e. The molecular weight excluding hydrogens is 248 g/mol. The molecule has 3 nitrogen and oxygen atoms in total. The van der Waals surface area contributed by atoms with E-state index in [1.807, 2.05) is 43.1 Å². The maximum absolute atomic E-state index is 12.5. The average molecular weight is 272 g/mol. The van der Waals surface area contributed by atoms with Gasteiger partial charge in [0.2, 0.25) is 0 Å². The summed E-state index contributed by atoms with van der Waals surface area (Å²) in [5.74, 6) is 0.118. The summed E-state index contributed by atoms with van der Waals surface area (Å²) >= 11 is 0. The predicted octanol–water partition coefficient (Wildman–Crippen LogP) is 2.89. The van der Waals surface area contributed by atoms with Crippen LogP contribution < -0.4 is 0 Å². The number of amides is 1. The quantitative estimate of drug-likeness (QED) is 0.844. The molecule has 1 aromatic carbocycles. The molecule has 0 atom stereocenters. The molecule has 1 aliphatic rings. The highest BCUT2D eigenvalue weighted by Gasteiger charge is 2.24. The minimum Gasteiger partial charge on any atom is -0.339 e. The van der Waals surface area contributed by atoms with E-state index < -0.39 is 0 Å². The highest BCUT2D eigenvalue weighted by Crippen LogP contribution is 2.18. The Balaban J connectivity index is 2.04. The van der Waals surface area contributed by atoms with E-state index in [0.29, 0.717) is 6.04 Å². The molecule has 1 saturated heterocycles. The number of allylic oxidation sites excluding steroid dienone is 1. The van der Waals surface area contributed by atoms with E-state index in [0.717, 1.165) is 42.6 Å². The van der Waals surface area contributed by atoms with E-state index in [-0.39, 0.29) is 5.91 Å². The van der Waals surface area contributed by atoms with Gasteiger partial charge in [-0.3, -0.25) is 4.79 Å².